The van der Waals surface area contributed by atoms with Gasteiger partial charge in [-0.2, -0.15) is 0 Å². The van der Waals surface area contributed by atoms with E-state index in [-0.39, 0.29) is 11.9 Å². The van der Waals surface area contributed by atoms with Gasteiger partial charge in [0.05, 0.1) is 13.2 Å². The van der Waals surface area contributed by atoms with Gasteiger partial charge < -0.3 is 9.47 Å². The van der Waals surface area contributed by atoms with Gasteiger partial charge in [0.25, 0.3) is 0 Å². The monoisotopic (exact) mass is 362 g/mol. The van der Waals surface area contributed by atoms with Gasteiger partial charge in [-0.25, -0.2) is 9.59 Å². The zero-order chi connectivity index (χ0) is 18.8. The topological polar surface area (TPSA) is 52.6 Å². The lowest BCUT2D eigenvalue weighted by molar-refractivity contribution is -0.138. The minimum absolute atomic E-state index is 0.219. The Bertz CT molecular complexity index is 446. The van der Waals surface area contributed by atoms with E-state index in [9.17, 15) is 9.59 Å². The summed E-state index contributed by atoms with van der Waals surface area (Å²) in [5.41, 5.74) is 0. The van der Waals surface area contributed by atoms with Gasteiger partial charge in [-0.1, -0.05) is 12.2 Å². The van der Waals surface area contributed by atoms with E-state index >= 15 is 0 Å². The summed E-state index contributed by atoms with van der Waals surface area (Å²) in [7, 11) is 0. The van der Waals surface area contributed by atoms with Gasteiger partial charge in [0, 0.05) is 12.2 Å². The summed E-state index contributed by atoms with van der Waals surface area (Å²) in [6, 6.07) is 0. The average Bonchev–Trinajstić information content (AvgIpc) is 2.66. The van der Waals surface area contributed by atoms with E-state index in [1.54, 1.807) is 12.2 Å². The number of hydrogen-bond acceptors (Lipinski definition) is 4. The van der Waals surface area contributed by atoms with Crippen LogP contribution in [-0.2, 0) is 19.1 Å². The van der Waals surface area contributed by atoms with Crippen molar-refractivity contribution in [1.82, 2.24) is 0 Å². The third kappa shape index (κ3) is 6.97. The lowest BCUT2D eigenvalue weighted by atomic mass is 9.69. The highest BCUT2D eigenvalue weighted by atomic mass is 16.5. The van der Waals surface area contributed by atoms with Gasteiger partial charge in [-0.15, -0.1) is 0 Å². The standard InChI is InChI=1S/C22H34O4/c1-3-25-21(23)15-9-17-5-11-19(12-6-17)20-13-7-18(8-14-20)10-16-22(24)26-4-2/h9-10,15-20H,3-8,11-14H2,1-2H3/b15-9+,16-10+. The summed E-state index contributed by atoms with van der Waals surface area (Å²) in [5, 5.41) is 0. The van der Waals surface area contributed by atoms with E-state index in [0.29, 0.717) is 25.0 Å². The van der Waals surface area contributed by atoms with Gasteiger partial charge >= 0.3 is 11.9 Å². The maximum Gasteiger partial charge on any atom is 0.330 e. The van der Waals surface area contributed by atoms with Crippen LogP contribution in [0, 0.1) is 23.7 Å². The van der Waals surface area contributed by atoms with Gasteiger partial charge in [0.2, 0.25) is 0 Å². The predicted octanol–water partition coefficient (Wildman–Crippen LogP) is 4.84. The van der Waals surface area contributed by atoms with Crippen LogP contribution in [0.25, 0.3) is 0 Å². The summed E-state index contributed by atoms with van der Waals surface area (Å²) >= 11 is 0. The lowest BCUT2D eigenvalue weighted by Crippen LogP contribution is -2.25. The molecule has 0 spiro atoms. The molecule has 146 valence electrons. The molecule has 0 N–H and O–H groups in total. The molecule has 4 heteroatoms. The highest BCUT2D eigenvalue weighted by Gasteiger charge is 2.29. The Morgan fingerprint density at radius 1 is 0.692 bits per heavy atom. The van der Waals surface area contributed by atoms with Gasteiger partial charge in [0.1, 0.15) is 0 Å². The van der Waals surface area contributed by atoms with Crippen molar-refractivity contribution < 1.29 is 19.1 Å². The van der Waals surface area contributed by atoms with E-state index in [0.717, 1.165) is 11.8 Å². The molecule has 0 bridgehead atoms. The number of carbonyl (C=O) groups is 2. The lowest BCUT2D eigenvalue weighted by Gasteiger charge is -2.36. The van der Waals surface area contributed by atoms with E-state index in [1.165, 1.54) is 51.4 Å². The van der Waals surface area contributed by atoms with Crippen LogP contribution in [-0.4, -0.2) is 25.2 Å². The van der Waals surface area contributed by atoms with Crippen molar-refractivity contribution in [2.75, 3.05) is 13.2 Å². The van der Waals surface area contributed by atoms with Crippen LogP contribution >= 0.6 is 0 Å². The first-order chi connectivity index (χ1) is 12.6. The Morgan fingerprint density at radius 2 is 1.04 bits per heavy atom. The predicted molar refractivity (Wildman–Crippen MR) is 102 cm³/mol. The van der Waals surface area contributed by atoms with Gasteiger partial charge in [-0.05, 0) is 88.9 Å². The molecule has 0 aromatic carbocycles. The molecule has 4 nitrogen and oxygen atoms in total. The minimum atomic E-state index is -0.219. The van der Waals surface area contributed by atoms with Crippen LogP contribution in [0.2, 0.25) is 0 Å². The van der Waals surface area contributed by atoms with Gasteiger partial charge in [-0.3, -0.25) is 0 Å². The Kier molecular flexibility index (Phi) is 8.93. The fourth-order valence-corrected chi connectivity index (χ4v) is 4.43. The van der Waals surface area contributed by atoms with E-state index in [1.807, 2.05) is 26.0 Å². The van der Waals surface area contributed by atoms with Crippen LogP contribution in [0.4, 0.5) is 0 Å². The van der Waals surface area contributed by atoms with E-state index in [4.69, 9.17) is 9.47 Å². The number of hydrogen-bond donors (Lipinski definition) is 0. The third-order valence-corrected chi connectivity index (χ3v) is 5.88. The van der Waals surface area contributed by atoms with Crippen molar-refractivity contribution in [3.8, 4) is 0 Å². The zero-order valence-corrected chi connectivity index (χ0v) is 16.3. The Morgan fingerprint density at radius 3 is 1.35 bits per heavy atom. The Hall–Kier alpha value is -1.58. The number of esters is 2. The first kappa shape index (κ1) is 20.7. The molecule has 0 aromatic rings. The summed E-state index contributed by atoms with van der Waals surface area (Å²) in [5.74, 6) is 2.28. The normalized spacial score (nSPS) is 29.8. The number of allylic oxidation sites excluding steroid dienone is 2. The maximum absolute atomic E-state index is 11.4. The van der Waals surface area contributed by atoms with Crippen LogP contribution in [0.5, 0.6) is 0 Å². The smallest absolute Gasteiger partial charge is 0.330 e. The molecule has 0 aromatic heterocycles. The summed E-state index contributed by atoms with van der Waals surface area (Å²) in [6.45, 7) is 4.54. The second kappa shape index (κ2) is 11.2. The molecule has 0 atom stereocenters. The molecular formula is C22H34O4. The van der Waals surface area contributed by atoms with Crippen molar-refractivity contribution >= 4 is 11.9 Å². The second-order valence-corrected chi connectivity index (χ2v) is 7.57. The maximum atomic E-state index is 11.4. The Balaban J connectivity index is 1.68. The molecule has 2 aliphatic carbocycles. The third-order valence-electron chi connectivity index (χ3n) is 5.88. The van der Waals surface area contributed by atoms with Crippen molar-refractivity contribution in [3.05, 3.63) is 24.3 Å². The molecule has 0 amide bonds. The fourth-order valence-electron chi connectivity index (χ4n) is 4.43. The molecular weight excluding hydrogens is 328 g/mol. The van der Waals surface area contributed by atoms with Crippen LogP contribution in [0.3, 0.4) is 0 Å². The summed E-state index contributed by atoms with van der Waals surface area (Å²) in [4.78, 5) is 22.8. The average molecular weight is 363 g/mol. The largest absolute Gasteiger partial charge is 0.463 e. The van der Waals surface area contributed by atoms with Crippen LogP contribution < -0.4 is 0 Å². The summed E-state index contributed by atoms with van der Waals surface area (Å²) in [6.07, 6.45) is 17.1. The Labute approximate surface area is 158 Å². The molecule has 0 saturated heterocycles. The first-order valence-corrected chi connectivity index (χ1v) is 10.3. The SMILES string of the molecule is CCOC(=O)/C=C/C1CCC(C2CCC(/C=C/C(=O)OCC)CC2)CC1. The van der Waals surface area contributed by atoms with Crippen molar-refractivity contribution in [2.45, 2.75) is 65.2 Å². The second-order valence-electron chi connectivity index (χ2n) is 7.57. The van der Waals surface area contributed by atoms with E-state index < -0.39 is 0 Å². The highest BCUT2D eigenvalue weighted by molar-refractivity contribution is 5.82. The number of carbonyl (C=O) groups excluding carboxylic acids is 2. The molecule has 0 aliphatic heterocycles. The van der Waals surface area contributed by atoms with Crippen LogP contribution in [0.15, 0.2) is 24.3 Å². The molecule has 2 fully saturated rings. The van der Waals surface area contributed by atoms with Crippen molar-refractivity contribution in [3.63, 3.8) is 0 Å². The minimum Gasteiger partial charge on any atom is -0.463 e. The first-order valence-electron chi connectivity index (χ1n) is 10.3. The number of rotatable bonds is 7. The molecule has 26 heavy (non-hydrogen) atoms. The molecule has 2 saturated carbocycles. The highest BCUT2D eigenvalue weighted by Crippen LogP contribution is 2.41. The molecule has 0 heterocycles. The van der Waals surface area contributed by atoms with Crippen LogP contribution in [0.1, 0.15) is 65.2 Å². The molecule has 2 rings (SSSR count). The zero-order valence-electron chi connectivity index (χ0n) is 16.3. The number of ether oxygens (including phenoxy) is 2. The van der Waals surface area contributed by atoms with E-state index in [2.05, 4.69) is 0 Å². The summed E-state index contributed by atoms with van der Waals surface area (Å²) < 4.78 is 9.89. The van der Waals surface area contributed by atoms with Crippen molar-refractivity contribution in [2.24, 2.45) is 23.7 Å². The van der Waals surface area contributed by atoms with Gasteiger partial charge in [0.15, 0.2) is 0 Å². The molecule has 0 unspecified atom stereocenters. The molecule has 2 aliphatic rings. The molecule has 0 radical (unpaired) electrons. The fraction of sp³-hybridized carbons (Fsp3) is 0.727. The quantitative estimate of drug-likeness (QED) is 0.480. The van der Waals surface area contributed by atoms with Crippen molar-refractivity contribution in [1.29, 1.82) is 0 Å².